The average Bonchev–Trinajstić information content (AvgIpc) is 2.31. The molecule has 0 aromatic heterocycles. The summed E-state index contributed by atoms with van der Waals surface area (Å²) in [5, 5.41) is 30.0. The van der Waals surface area contributed by atoms with Crippen LogP contribution in [0.1, 0.15) is 12.8 Å². The molecule has 0 spiro atoms. The highest BCUT2D eigenvalue weighted by Gasteiger charge is 2.16. The normalized spacial score (nSPS) is 27.4. The highest BCUT2D eigenvalue weighted by molar-refractivity contribution is 4.63. The van der Waals surface area contributed by atoms with Crippen LogP contribution in [0.25, 0.3) is 0 Å². The average molecular weight is 210 g/mol. The summed E-state index contributed by atoms with van der Waals surface area (Å²) in [6.07, 6.45) is 0.263. The highest BCUT2D eigenvalue weighted by atomic mass is 17.8. The lowest BCUT2D eigenvalue weighted by atomic mass is 9.99. The predicted octanol–water partition coefficient (Wildman–Crippen LogP) is -0.507. The molecule has 0 bridgehead atoms. The zero-order valence-corrected chi connectivity index (χ0v) is 7.63. The summed E-state index contributed by atoms with van der Waals surface area (Å²) in [7, 11) is 0. The van der Waals surface area contributed by atoms with Gasteiger partial charge in [-0.2, -0.15) is 0 Å². The van der Waals surface area contributed by atoms with Gasteiger partial charge >= 0.3 is 0 Å². The number of aliphatic hydroxyl groups is 2. The minimum Gasteiger partial charge on any atom is -0.394 e. The molecule has 0 radical (unpaired) electrons. The summed E-state index contributed by atoms with van der Waals surface area (Å²) in [6.45, 7) is 0.268. The van der Waals surface area contributed by atoms with Gasteiger partial charge in [-0.1, -0.05) is 0 Å². The molecule has 7 nitrogen and oxygen atoms in total. The van der Waals surface area contributed by atoms with Crippen LogP contribution in [0.15, 0.2) is 0 Å². The molecule has 7 heteroatoms. The van der Waals surface area contributed by atoms with Crippen molar-refractivity contribution in [1.82, 2.24) is 0 Å². The van der Waals surface area contributed by atoms with Gasteiger partial charge in [0.1, 0.15) is 0 Å². The first kappa shape index (κ1) is 11.8. The molecule has 0 aliphatic carbocycles. The number of hydrogen-bond acceptors (Lipinski definition) is 7. The maximum atomic E-state index is 9.19. The van der Waals surface area contributed by atoms with E-state index in [1.807, 2.05) is 0 Å². The fraction of sp³-hybridized carbons (Fsp3) is 1.00. The summed E-state index contributed by atoms with van der Waals surface area (Å²) in [6, 6.07) is 0. The van der Waals surface area contributed by atoms with Crippen molar-refractivity contribution in [2.45, 2.75) is 18.9 Å². The van der Waals surface area contributed by atoms with Crippen LogP contribution in [0, 0.1) is 5.92 Å². The third kappa shape index (κ3) is 4.82. The standard InChI is InChI=1S/C7H14O7/c8-4-7(9)3-6-1-2-10-12-14-13-11-5-6/h6-9H,1-5H2. The lowest BCUT2D eigenvalue weighted by molar-refractivity contribution is -0.706. The maximum absolute atomic E-state index is 9.19. The Morgan fingerprint density at radius 1 is 1.21 bits per heavy atom. The van der Waals surface area contributed by atoms with Crippen molar-refractivity contribution in [1.29, 1.82) is 0 Å². The van der Waals surface area contributed by atoms with Crippen LogP contribution in [0.3, 0.4) is 0 Å². The Bertz CT molecular complexity index is 132. The molecule has 0 amide bonds. The van der Waals surface area contributed by atoms with Gasteiger partial charge in [0.05, 0.1) is 25.9 Å². The molecule has 0 saturated carbocycles. The van der Waals surface area contributed by atoms with E-state index in [4.69, 9.17) is 5.11 Å². The minimum atomic E-state index is -0.758. The first-order valence-electron chi connectivity index (χ1n) is 4.36. The lowest BCUT2D eigenvalue weighted by Gasteiger charge is -2.16. The summed E-state index contributed by atoms with van der Waals surface area (Å²) in [4.78, 5) is 9.12. The quantitative estimate of drug-likeness (QED) is 0.607. The Morgan fingerprint density at radius 3 is 2.79 bits per heavy atom. The van der Waals surface area contributed by atoms with Gasteiger partial charge in [-0.15, -0.1) is 0 Å². The second-order valence-electron chi connectivity index (χ2n) is 3.04. The third-order valence-corrected chi connectivity index (χ3v) is 1.88. The van der Waals surface area contributed by atoms with Crippen LogP contribution >= 0.6 is 0 Å². The van der Waals surface area contributed by atoms with Crippen molar-refractivity contribution in [2.75, 3.05) is 19.8 Å². The molecule has 1 rings (SSSR count). The largest absolute Gasteiger partial charge is 0.394 e. The van der Waals surface area contributed by atoms with E-state index in [-0.39, 0.29) is 19.1 Å². The van der Waals surface area contributed by atoms with Crippen LogP contribution in [0.4, 0.5) is 0 Å². The van der Waals surface area contributed by atoms with E-state index in [0.29, 0.717) is 19.4 Å². The molecule has 1 saturated heterocycles. The highest BCUT2D eigenvalue weighted by Crippen LogP contribution is 2.14. The van der Waals surface area contributed by atoms with Crippen LogP contribution in [-0.2, 0) is 24.9 Å². The van der Waals surface area contributed by atoms with Crippen LogP contribution in [0.5, 0.6) is 0 Å². The Balaban J connectivity index is 2.25. The van der Waals surface area contributed by atoms with Crippen molar-refractivity contribution >= 4 is 0 Å². The first-order valence-corrected chi connectivity index (χ1v) is 4.36. The van der Waals surface area contributed by atoms with Crippen LogP contribution in [-0.4, -0.2) is 36.1 Å². The topological polar surface area (TPSA) is 86.6 Å². The van der Waals surface area contributed by atoms with E-state index in [9.17, 15) is 5.11 Å². The van der Waals surface area contributed by atoms with Gasteiger partial charge in [0, 0.05) is 0 Å². The maximum Gasteiger partial charge on any atom is 0.0884 e. The number of hydrogen-bond donors (Lipinski definition) is 2. The zero-order valence-electron chi connectivity index (χ0n) is 7.63. The van der Waals surface area contributed by atoms with Gasteiger partial charge in [0.15, 0.2) is 0 Å². The van der Waals surface area contributed by atoms with Crippen molar-refractivity contribution in [3.8, 4) is 0 Å². The van der Waals surface area contributed by atoms with Gasteiger partial charge in [-0.3, -0.25) is 0 Å². The summed E-state index contributed by atoms with van der Waals surface area (Å²) in [5.41, 5.74) is 0. The summed E-state index contributed by atoms with van der Waals surface area (Å²) in [5.74, 6) is 0.0162. The number of rotatable bonds is 3. The molecule has 2 atom stereocenters. The fourth-order valence-corrected chi connectivity index (χ4v) is 1.15. The Kier molecular flexibility index (Phi) is 5.96. The van der Waals surface area contributed by atoms with Gasteiger partial charge in [0.2, 0.25) is 0 Å². The minimum absolute atomic E-state index is 0.0162. The Hall–Kier alpha value is -0.280. The second kappa shape index (κ2) is 7.07. The van der Waals surface area contributed by atoms with Crippen molar-refractivity contribution in [3.05, 3.63) is 0 Å². The Labute approximate surface area is 80.8 Å². The smallest absolute Gasteiger partial charge is 0.0884 e. The van der Waals surface area contributed by atoms with Crippen molar-refractivity contribution < 1.29 is 35.1 Å². The molecule has 2 unspecified atom stereocenters. The SMILES string of the molecule is OCC(O)CC1CCOOOOOC1. The summed E-state index contributed by atoms with van der Waals surface area (Å²) >= 11 is 0. The summed E-state index contributed by atoms with van der Waals surface area (Å²) < 4.78 is 0. The van der Waals surface area contributed by atoms with Gasteiger partial charge in [-0.05, 0) is 33.9 Å². The van der Waals surface area contributed by atoms with Crippen molar-refractivity contribution in [3.63, 3.8) is 0 Å². The molecule has 14 heavy (non-hydrogen) atoms. The van der Waals surface area contributed by atoms with E-state index < -0.39 is 6.10 Å². The molecule has 84 valence electrons. The molecular weight excluding hydrogens is 196 g/mol. The van der Waals surface area contributed by atoms with E-state index in [0.717, 1.165) is 0 Å². The monoisotopic (exact) mass is 210 g/mol. The second-order valence-corrected chi connectivity index (χ2v) is 3.04. The zero-order chi connectivity index (χ0) is 10.2. The molecule has 0 aromatic carbocycles. The van der Waals surface area contributed by atoms with Crippen LogP contribution in [0.2, 0.25) is 0 Å². The van der Waals surface area contributed by atoms with E-state index >= 15 is 0 Å². The van der Waals surface area contributed by atoms with Gasteiger partial charge in [-0.25, -0.2) is 9.78 Å². The van der Waals surface area contributed by atoms with Gasteiger partial charge < -0.3 is 10.2 Å². The number of aliphatic hydroxyl groups excluding tert-OH is 2. The van der Waals surface area contributed by atoms with Gasteiger partial charge in [0.25, 0.3) is 0 Å². The third-order valence-electron chi connectivity index (χ3n) is 1.88. The fourth-order valence-electron chi connectivity index (χ4n) is 1.15. The molecule has 1 heterocycles. The molecule has 2 N–H and O–H groups in total. The van der Waals surface area contributed by atoms with E-state index in [1.165, 1.54) is 0 Å². The Morgan fingerprint density at radius 2 is 2.00 bits per heavy atom. The molecule has 1 fully saturated rings. The first-order chi connectivity index (χ1) is 6.83. The van der Waals surface area contributed by atoms with Crippen LogP contribution < -0.4 is 0 Å². The predicted molar refractivity (Wildman–Crippen MR) is 41.0 cm³/mol. The van der Waals surface area contributed by atoms with E-state index in [2.05, 4.69) is 24.9 Å². The van der Waals surface area contributed by atoms with Crippen molar-refractivity contribution in [2.24, 2.45) is 5.92 Å². The lowest BCUT2D eigenvalue weighted by Crippen LogP contribution is -2.21. The molecule has 0 aromatic rings. The van der Waals surface area contributed by atoms with E-state index in [1.54, 1.807) is 0 Å². The molecule has 1 aliphatic rings. The molecule has 1 aliphatic heterocycles. The molecular formula is C7H14O7.